The van der Waals surface area contributed by atoms with Crippen molar-refractivity contribution in [2.24, 2.45) is 5.10 Å². The molecule has 1 aliphatic heterocycles. The normalized spacial score (nSPS) is 15.5. The van der Waals surface area contributed by atoms with Gasteiger partial charge in [-0.1, -0.05) is 24.3 Å². The van der Waals surface area contributed by atoms with Crippen LogP contribution in [-0.4, -0.2) is 29.3 Å². The minimum absolute atomic E-state index is 0.0317. The number of ether oxygens (including phenoxy) is 2. The van der Waals surface area contributed by atoms with E-state index in [0.29, 0.717) is 18.7 Å². The van der Waals surface area contributed by atoms with Crippen molar-refractivity contribution in [2.45, 2.75) is 19.4 Å². The Morgan fingerprint density at radius 3 is 2.81 bits per heavy atom. The molecule has 8 heteroatoms. The Kier molecular flexibility index (Phi) is 5.12. The molecule has 1 amide bonds. The number of hydrazone groups is 1. The average molecular weight is 355 g/mol. The number of rotatable bonds is 5. The van der Waals surface area contributed by atoms with Crippen LogP contribution in [-0.2, 0) is 4.79 Å². The van der Waals surface area contributed by atoms with Gasteiger partial charge in [-0.25, -0.2) is 5.43 Å². The van der Waals surface area contributed by atoms with Gasteiger partial charge in [0.05, 0.1) is 17.2 Å². The molecule has 2 aromatic carbocycles. The molecule has 1 heterocycles. The lowest BCUT2D eigenvalue weighted by molar-refractivity contribution is -0.386. The first kappa shape index (κ1) is 17.4. The van der Waals surface area contributed by atoms with E-state index in [-0.39, 0.29) is 11.4 Å². The highest BCUT2D eigenvalue weighted by Gasteiger charge is 2.21. The summed E-state index contributed by atoms with van der Waals surface area (Å²) in [5.41, 5.74) is 3.80. The number of nitrogens with zero attached hydrogens (tertiary/aromatic N) is 2. The summed E-state index contributed by atoms with van der Waals surface area (Å²) < 4.78 is 11.0. The minimum atomic E-state index is -0.949. The smallest absolute Gasteiger partial charge is 0.310 e. The fraction of sp³-hybridized carbons (Fsp3) is 0.222. The molecule has 134 valence electrons. The Balaban J connectivity index is 1.69. The molecule has 0 radical (unpaired) electrons. The third-order valence-corrected chi connectivity index (χ3v) is 3.83. The molecule has 2 aromatic rings. The second kappa shape index (κ2) is 7.64. The van der Waals surface area contributed by atoms with Gasteiger partial charge in [0.25, 0.3) is 5.91 Å². The van der Waals surface area contributed by atoms with Crippen LogP contribution in [0.15, 0.2) is 53.6 Å². The monoisotopic (exact) mass is 355 g/mol. The number of hydrogen-bond donors (Lipinski definition) is 1. The lowest BCUT2D eigenvalue weighted by atomic mass is 10.0. The summed E-state index contributed by atoms with van der Waals surface area (Å²) in [5, 5.41) is 15.2. The molecular formula is C18H17N3O5. The fourth-order valence-corrected chi connectivity index (χ4v) is 2.50. The summed E-state index contributed by atoms with van der Waals surface area (Å²) in [4.78, 5) is 22.7. The first-order valence-electron chi connectivity index (χ1n) is 8.05. The zero-order chi connectivity index (χ0) is 18.5. The van der Waals surface area contributed by atoms with Crippen LogP contribution in [0.2, 0.25) is 0 Å². The number of carbonyl (C=O) groups is 1. The van der Waals surface area contributed by atoms with E-state index < -0.39 is 16.9 Å². The number of para-hydroxylation sites is 3. The lowest BCUT2D eigenvalue weighted by Gasteiger charge is -2.19. The van der Waals surface area contributed by atoms with E-state index >= 15 is 0 Å². The van der Waals surface area contributed by atoms with Crippen LogP contribution >= 0.6 is 0 Å². The van der Waals surface area contributed by atoms with Gasteiger partial charge >= 0.3 is 5.69 Å². The van der Waals surface area contributed by atoms with Gasteiger partial charge in [0, 0.05) is 18.1 Å². The quantitative estimate of drug-likeness (QED) is 0.656. The van der Waals surface area contributed by atoms with Gasteiger partial charge < -0.3 is 9.47 Å². The number of nitro benzene ring substituents is 1. The topological polar surface area (TPSA) is 103 Å². The van der Waals surface area contributed by atoms with Crippen molar-refractivity contribution in [1.82, 2.24) is 5.43 Å². The van der Waals surface area contributed by atoms with Crippen molar-refractivity contribution in [3.8, 4) is 11.5 Å². The van der Waals surface area contributed by atoms with Crippen LogP contribution in [0.25, 0.3) is 0 Å². The minimum Gasteiger partial charge on any atom is -0.492 e. The molecule has 8 nitrogen and oxygen atoms in total. The number of amides is 1. The molecule has 0 spiro atoms. The molecular weight excluding hydrogens is 338 g/mol. The molecule has 0 saturated heterocycles. The Bertz CT molecular complexity index is 865. The van der Waals surface area contributed by atoms with Crippen molar-refractivity contribution >= 4 is 17.3 Å². The van der Waals surface area contributed by atoms with E-state index in [0.717, 1.165) is 11.3 Å². The lowest BCUT2D eigenvalue weighted by Crippen LogP contribution is -2.34. The van der Waals surface area contributed by atoms with E-state index in [1.165, 1.54) is 25.1 Å². The molecule has 1 atom stereocenters. The number of carbonyl (C=O) groups excluding carboxylic acids is 1. The SMILES string of the molecule is C[C@H](Oc1ccccc1[N+](=O)[O-])C(=O)NN=C1CCOc2ccccc21. The predicted octanol–water partition coefficient (Wildman–Crippen LogP) is 2.67. The van der Waals surface area contributed by atoms with E-state index in [1.807, 2.05) is 24.3 Å². The second-order valence-corrected chi connectivity index (χ2v) is 5.61. The van der Waals surface area contributed by atoms with Gasteiger partial charge in [-0.3, -0.25) is 14.9 Å². The highest BCUT2D eigenvalue weighted by atomic mass is 16.6. The molecule has 26 heavy (non-hydrogen) atoms. The van der Waals surface area contributed by atoms with Crippen LogP contribution < -0.4 is 14.9 Å². The Labute approximate surface area is 149 Å². The van der Waals surface area contributed by atoms with E-state index in [9.17, 15) is 14.9 Å². The van der Waals surface area contributed by atoms with Gasteiger partial charge in [-0.2, -0.15) is 5.10 Å². The Morgan fingerprint density at radius 1 is 1.27 bits per heavy atom. The van der Waals surface area contributed by atoms with E-state index in [4.69, 9.17) is 9.47 Å². The third kappa shape index (κ3) is 3.80. The first-order valence-corrected chi connectivity index (χ1v) is 8.05. The average Bonchev–Trinajstić information content (AvgIpc) is 2.66. The van der Waals surface area contributed by atoms with E-state index in [2.05, 4.69) is 10.5 Å². The van der Waals surface area contributed by atoms with Gasteiger partial charge in [-0.15, -0.1) is 0 Å². The molecule has 0 aliphatic carbocycles. The predicted molar refractivity (Wildman–Crippen MR) is 94.4 cm³/mol. The molecule has 0 fully saturated rings. The van der Waals surface area contributed by atoms with Gasteiger partial charge in [0.1, 0.15) is 5.75 Å². The van der Waals surface area contributed by atoms with Crippen LogP contribution in [0.1, 0.15) is 18.9 Å². The van der Waals surface area contributed by atoms with Gasteiger partial charge in [-0.05, 0) is 25.1 Å². The van der Waals surface area contributed by atoms with Crippen molar-refractivity contribution in [2.75, 3.05) is 6.61 Å². The molecule has 0 bridgehead atoms. The van der Waals surface area contributed by atoms with Crippen molar-refractivity contribution in [1.29, 1.82) is 0 Å². The summed E-state index contributed by atoms with van der Waals surface area (Å²) in [6.07, 6.45) is -0.382. The van der Waals surface area contributed by atoms with Crippen LogP contribution in [0.4, 0.5) is 5.69 Å². The standard InChI is InChI=1S/C18H17N3O5/c1-12(26-17-9-5-3-7-15(17)21(23)24)18(22)20-19-14-10-11-25-16-8-4-2-6-13(14)16/h2-9,12H,10-11H2,1H3,(H,20,22)/t12-/m0/s1. The Morgan fingerprint density at radius 2 is 2.00 bits per heavy atom. The maximum absolute atomic E-state index is 12.2. The highest BCUT2D eigenvalue weighted by molar-refractivity contribution is 6.04. The van der Waals surface area contributed by atoms with Crippen LogP contribution in [0.5, 0.6) is 11.5 Å². The highest BCUT2D eigenvalue weighted by Crippen LogP contribution is 2.27. The molecule has 0 aromatic heterocycles. The van der Waals surface area contributed by atoms with Crippen molar-refractivity contribution in [3.05, 3.63) is 64.2 Å². The maximum Gasteiger partial charge on any atom is 0.310 e. The van der Waals surface area contributed by atoms with Gasteiger partial charge in [0.2, 0.25) is 0 Å². The summed E-state index contributed by atoms with van der Waals surface area (Å²) in [7, 11) is 0. The molecule has 3 rings (SSSR count). The fourth-order valence-electron chi connectivity index (χ4n) is 2.50. The third-order valence-electron chi connectivity index (χ3n) is 3.83. The van der Waals surface area contributed by atoms with Gasteiger partial charge in [0.15, 0.2) is 11.9 Å². The molecule has 0 saturated carbocycles. The number of hydrogen-bond acceptors (Lipinski definition) is 6. The summed E-state index contributed by atoms with van der Waals surface area (Å²) >= 11 is 0. The van der Waals surface area contributed by atoms with Crippen molar-refractivity contribution < 1.29 is 19.2 Å². The van der Waals surface area contributed by atoms with Crippen LogP contribution in [0.3, 0.4) is 0 Å². The summed E-state index contributed by atoms with van der Waals surface area (Å²) in [5.74, 6) is 0.250. The molecule has 1 N–H and O–H groups in total. The Hall–Kier alpha value is -3.42. The number of fused-ring (bicyclic) bond motifs is 1. The molecule has 1 aliphatic rings. The summed E-state index contributed by atoms with van der Waals surface area (Å²) in [6.45, 7) is 1.98. The zero-order valence-corrected chi connectivity index (χ0v) is 14.0. The first-order chi connectivity index (χ1) is 12.6. The summed E-state index contributed by atoms with van der Waals surface area (Å²) in [6, 6.07) is 13.3. The van der Waals surface area contributed by atoms with E-state index in [1.54, 1.807) is 6.07 Å². The van der Waals surface area contributed by atoms with Crippen molar-refractivity contribution in [3.63, 3.8) is 0 Å². The van der Waals surface area contributed by atoms with Crippen LogP contribution in [0, 0.1) is 10.1 Å². The zero-order valence-electron chi connectivity index (χ0n) is 14.0. The largest absolute Gasteiger partial charge is 0.492 e. The number of nitro groups is 1. The second-order valence-electron chi connectivity index (χ2n) is 5.61. The number of benzene rings is 2. The molecule has 0 unspecified atom stereocenters. The number of nitrogens with one attached hydrogen (secondary N) is 1. The maximum atomic E-state index is 12.2.